The van der Waals surface area contributed by atoms with Crippen LogP contribution in [0.15, 0.2) is 91.0 Å². The monoisotopic (exact) mass is 494 g/mol. The molecule has 0 saturated carbocycles. The Labute approximate surface area is 215 Å². The first-order chi connectivity index (χ1) is 18.0. The van der Waals surface area contributed by atoms with E-state index in [0.717, 1.165) is 16.9 Å². The molecule has 0 aromatic heterocycles. The standard InChI is InChI=1S/C31H26O6/c1-35-22-13-11-20(12-14-22)17-18-36-26-10-6-5-9-23(26)25-19-28(32)37-27-16-15-24(31(34)29(25)27)30(33)21-7-3-2-4-8-21/h2-16,25,34H,17-19H2,1H3. The van der Waals surface area contributed by atoms with Crippen LogP contribution in [0.2, 0.25) is 0 Å². The number of phenolic OH excluding ortho intramolecular Hbond substituents is 1. The van der Waals surface area contributed by atoms with Gasteiger partial charge in [0.15, 0.2) is 5.78 Å². The van der Waals surface area contributed by atoms with E-state index in [1.54, 1.807) is 37.4 Å². The number of carbonyl (C=O) groups is 2. The Morgan fingerprint density at radius 2 is 1.68 bits per heavy atom. The Bertz CT molecular complexity index is 1430. The smallest absolute Gasteiger partial charge is 0.312 e. The zero-order chi connectivity index (χ0) is 25.8. The number of aromatic hydroxyl groups is 1. The molecule has 6 nitrogen and oxygen atoms in total. The fourth-order valence-corrected chi connectivity index (χ4v) is 4.61. The lowest BCUT2D eigenvalue weighted by Gasteiger charge is -2.27. The van der Waals surface area contributed by atoms with Gasteiger partial charge in [-0.3, -0.25) is 9.59 Å². The summed E-state index contributed by atoms with van der Waals surface area (Å²) in [6, 6.07) is 27.1. The molecule has 1 aliphatic heterocycles. The Morgan fingerprint density at radius 3 is 2.43 bits per heavy atom. The molecule has 0 amide bonds. The number of para-hydroxylation sites is 1. The van der Waals surface area contributed by atoms with E-state index in [1.807, 2.05) is 54.6 Å². The molecule has 1 atom stereocenters. The maximum Gasteiger partial charge on any atom is 0.312 e. The second-order valence-corrected chi connectivity index (χ2v) is 8.78. The molecule has 6 heteroatoms. The molecule has 4 aromatic carbocycles. The second-order valence-electron chi connectivity index (χ2n) is 8.78. The van der Waals surface area contributed by atoms with Crippen LogP contribution in [0.25, 0.3) is 0 Å². The normalized spacial score (nSPS) is 14.4. The van der Waals surface area contributed by atoms with Gasteiger partial charge in [-0.2, -0.15) is 0 Å². The number of methoxy groups -OCH3 is 1. The van der Waals surface area contributed by atoms with E-state index in [0.29, 0.717) is 29.9 Å². The molecule has 0 radical (unpaired) electrons. The first-order valence-corrected chi connectivity index (χ1v) is 12.1. The highest BCUT2D eigenvalue weighted by molar-refractivity contribution is 6.11. The van der Waals surface area contributed by atoms with Gasteiger partial charge in [0, 0.05) is 29.0 Å². The summed E-state index contributed by atoms with van der Waals surface area (Å²) >= 11 is 0. The lowest BCUT2D eigenvalue weighted by atomic mass is 9.83. The van der Waals surface area contributed by atoms with E-state index in [2.05, 4.69) is 0 Å². The van der Waals surface area contributed by atoms with Gasteiger partial charge in [-0.15, -0.1) is 0 Å². The van der Waals surface area contributed by atoms with E-state index in [9.17, 15) is 14.7 Å². The third kappa shape index (κ3) is 5.05. The van der Waals surface area contributed by atoms with Crippen LogP contribution < -0.4 is 14.2 Å². The Hall–Kier alpha value is -4.58. The minimum Gasteiger partial charge on any atom is -0.507 e. The van der Waals surface area contributed by atoms with E-state index >= 15 is 0 Å². The van der Waals surface area contributed by atoms with Crippen molar-refractivity contribution in [3.05, 3.63) is 119 Å². The summed E-state index contributed by atoms with van der Waals surface area (Å²) in [5.74, 6) is 0.224. The average molecular weight is 495 g/mol. The highest BCUT2D eigenvalue weighted by Gasteiger charge is 2.34. The minimum absolute atomic E-state index is 0.0163. The summed E-state index contributed by atoms with van der Waals surface area (Å²) in [7, 11) is 1.63. The average Bonchev–Trinajstić information content (AvgIpc) is 2.93. The van der Waals surface area contributed by atoms with Crippen LogP contribution in [0.3, 0.4) is 0 Å². The summed E-state index contributed by atoms with van der Waals surface area (Å²) in [6.45, 7) is 0.423. The van der Waals surface area contributed by atoms with Gasteiger partial charge in [-0.05, 0) is 35.9 Å². The summed E-state index contributed by atoms with van der Waals surface area (Å²) in [6.07, 6.45) is 0.699. The number of esters is 1. The molecule has 186 valence electrons. The Morgan fingerprint density at radius 1 is 0.946 bits per heavy atom. The predicted molar refractivity (Wildman–Crippen MR) is 139 cm³/mol. The van der Waals surface area contributed by atoms with Crippen molar-refractivity contribution in [2.75, 3.05) is 13.7 Å². The number of hydrogen-bond acceptors (Lipinski definition) is 6. The topological polar surface area (TPSA) is 82.1 Å². The zero-order valence-electron chi connectivity index (χ0n) is 20.3. The van der Waals surface area contributed by atoms with Crippen LogP contribution in [0.4, 0.5) is 0 Å². The summed E-state index contributed by atoms with van der Waals surface area (Å²) in [5.41, 5.74) is 2.88. The predicted octanol–water partition coefficient (Wildman–Crippen LogP) is 5.69. The molecular formula is C31H26O6. The van der Waals surface area contributed by atoms with Crippen molar-refractivity contribution in [1.82, 2.24) is 0 Å². The highest BCUT2D eigenvalue weighted by atomic mass is 16.5. The van der Waals surface area contributed by atoms with E-state index in [1.165, 1.54) is 6.07 Å². The number of benzene rings is 4. The van der Waals surface area contributed by atoms with Crippen molar-refractivity contribution in [1.29, 1.82) is 0 Å². The number of phenols is 1. The molecule has 0 saturated heterocycles. The number of ketones is 1. The van der Waals surface area contributed by atoms with Crippen molar-refractivity contribution in [2.24, 2.45) is 0 Å². The van der Waals surface area contributed by atoms with Crippen molar-refractivity contribution < 1.29 is 28.9 Å². The first-order valence-electron chi connectivity index (χ1n) is 12.1. The van der Waals surface area contributed by atoms with Crippen LogP contribution in [0.5, 0.6) is 23.0 Å². The summed E-state index contributed by atoms with van der Waals surface area (Å²) < 4.78 is 16.8. The maximum absolute atomic E-state index is 13.1. The van der Waals surface area contributed by atoms with Gasteiger partial charge in [-0.25, -0.2) is 0 Å². The number of hydrogen-bond donors (Lipinski definition) is 1. The Kier molecular flexibility index (Phi) is 6.90. The number of fused-ring (bicyclic) bond motifs is 1. The molecule has 1 unspecified atom stereocenters. The van der Waals surface area contributed by atoms with Crippen LogP contribution in [0.1, 0.15) is 45.0 Å². The van der Waals surface area contributed by atoms with Crippen molar-refractivity contribution in [3.8, 4) is 23.0 Å². The molecule has 37 heavy (non-hydrogen) atoms. The SMILES string of the molecule is COc1ccc(CCOc2ccccc2C2CC(=O)Oc3ccc(C(=O)c4ccccc4)c(O)c32)cc1. The summed E-state index contributed by atoms with van der Waals surface area (Å²) in [4.78, 5) is 25.6. The highest BCUT2D eigenvalue weighted by Crippen LogP contribution is 2.47. The van der Waals surface area contributed by atoms with E-state index in [4.69, 9.17) is 14.2 Å². The first kappa shape index (κ1) is 24.1. The minimum atomic E-state index is -0.531. The maximum atomic E-state index is 13.1. The van der Waals surface area contributed by atoms with Crippen molar-refractivity contribution in [3.63, 3.8) is 0 Å². The molecule has 0 spiro atoms. The van der Waals surface area contributed by atoms with Gasteiger partial charge in [0.25, 0.3) is 0 Å². The van der Waals surface area contributed by atoms with E-state index in [-0.39, 0.29) is 29.3 Å². The summed E-state index contributed by atoms with van der Waals surface area (Å²) in [5, 5.41) is 11.3. The van der Waals surface area contributed by atoms with Gasteiger partial charge < -0.3 is 19.3 Å². The second kappa shape index (κ2) is 10.6. The van der Waals surface area contributed by atoms with Gasteiger partial charge in [0.2, 0.25) is 0 Å². The van der Waals surface area contributed by atoms with Crippen molar-refractivity contribution >= 4 is 11.8 Å². The van der Waals surface area contributed by atoms with Crippen LogP contribution in [0, 0.1) is 0 Å². The zero-order valence-corrected chi connectivity index (χ0v) is 20.3. The van der Waals surface area contributed by atoms with Gasteiger partial charge in [-0.1, -0.05) is 60.7 Å². The van der Waals surface area contributed by atoms with Gasteiger partial charge in [0.1, 0.15) is 23.0 Å². The largest absolute Gasteiger partial charge is 0.507 e. The number of ether oxygens (including phenoxy) is 3. The van der Waals surface area contributed by atoms with Gasteiger partial charge in [0.05, 0.1) is 25.7 Å². The Balaban J connectivity index is 1.45. The van der Waals surface area contributed by atoms with Crippen LogP contribution in [-0.2, 0) is 11.2 Å². The number of carbonyl (C=O) groups excluding carboxylic acids is 2. The molecule has 0 aliphatic carbocycles. The molecule has 0 fully saturated rings. The molecular weight excluding hydrogens is 468 g/mol. The number of rotatable bonds is 8. The van der Waals surface area contributed by atoms with E-state index < -0.39 is 11.9 Å². The van der Waals surface area contributed by atoms with Crippen LogP contribution >= 0.6 is 0 Å². The molecule has 1 heterocycles. The fraction of sp³-hybridized carbons (Fsp3) is 0.161. The third-order valence-corrected chi connectivity index (χ3v) is 6.50. The molecule has 1 N–H and O–H groups in total. The lowest BCUT2D eigenvalue weighted by Crippen LogP contribution is -2.22. The van der Waals surface area contributed by atoms with Gasteiger partial charge >= 0.3 is 5.97 Å². The van der Waals surface area contributed by atoms with Crippen LogP contribution in [-0.4, -0.2) is 30.6 Å². The quantitative estimate of drug-likeness (QED) is 0.192. The fourth-order valence-electron chi connectivity index (χ4n) is 4.61. The third-order valence-electron chi connectivity index (χ3n) is 6.50. The molecule has 1 aliphatic rings. The molecule has 4 aromatic rings. The molecule has 5 rings (SSSR count). The lowest BCUT2D eigenvalue weighted by molar-refractivity contribution is -0.135. The molecule has 0 bridgehead atoms. The van der Waals surface area contributed by atoms with Crippen molar-refractivity contribution in [2.45, 2.75) is 18.8 Å².